The summed E-state index contributed by atoms with van der Waals surface area (Å²) in [5, 5.41) is 17.2. The van der Waals surface area contributed by atoms with Crippen molar-refractivity contribution < 1.29 is 18.3 Å². The van der Waals surface area contributed by atoms with Gasteiger partial charge in [-0.25, -0.2) is 15.0 Å². The summed E-state index contributed by atoms with van der Waals surface area (Å²) in [5.74, 6) is 0.837. The van der Waals surface area contributed by atoms with Gasteiger partial charge < -0.3 is 25.6 Å². The minimum absolute atomic E-state index is 0.0631. The number of β-amino-alcohol motifs (C(OH)–C–C–N with tert-alkyl or cyclic N) is 1. The van der Waals surface area contributed by atoms with Crippen molar-refractivity contribution in [3.8, 4) is 11.3 Å². The molecule has 5 rings (SSSR count). The predicted molar refractivity (Wildman–Crippen MR) is 119 cm³/mol. The van der Waals surface area contributed by atoms with Gasteiger partial charge in [-0.1, -0.05) is 0 Å². The van der Waals surface area contributed by atoms with Gasteiger partial charge in [0, 0.05) is 49.0 Å². The summed E-state index contributed by atoms with van der Waals surface area (Å²) < 4.78 is 41.4. The number of H-pyrrole nitrogens is 1. The molecule has 2 fully saturated rings. The third-order valence-electron chi connectivity index (χ3n) is 6.28. The van der Waals surface area contributed by atoms with E-state index in [0.717, 1.165) is 25.6 Å². The van der Waals surface area contributed by atoms with E-state index in [4.69, 9.17) is 0 Å². The zero-order valence-electron chi connectivity index (χ0n) is 18.2. The van der Waals surface area contributed by atoms with Crippen LogP contribution in [0.3, 0.4) is 0 Å². The van der Waals surface area contributed by atoms with Crippen LogP contribution in [0, 0.1) is 0 Å². The maximum atomic E-state index is 13.8. The molecule has 2 aliphatic heterocycles. The van der Waals surface area contributed by atoms with Crippen LogP contribution >= 0.6 is 0 Å². The second-order valence-corrected chi connectivity index (χ2v) is 9.08. The number of aromatic amines is 1. The molecule has 5 heterocycles. The van der Waals surface area contributed by atoms with E-state index in [1.807, 2.05) is 4.90 Å². The van der Waals surface area contributed by atoms with E-state index in [2.05, 4.69) is 30.6 Å². The van der Waals surface area contributed by atoms with Crippen molar-refractivity contribution in [1.29, 1.82) is 0 Å². The van der Waals surface area contributed by atoms with Gasteiger partial charge in [0.05, 0.1) is 11.3 Å². The van der Waals surface area contributed by atoms with Crippen LogP contribution in [0.5, 0.6) is 0 Å². The van der Waals surface area contributed by atoms with Crippen LogP contribution in [0.15, 0.2) is 24.5 Å². The predicted octanol–water partition coefficient (Wildman–Crippen LogP) is 3.16. The quantitative estimate of drug-likeness (QED) is 0.473. The van der Waals surface area contributed by atoms with Gasteiger partial charge >= 0.3 is 6.18 Å². The standard InChI is InChI=1S/C22H26F3N7O/c1-21(33)6-8-32(12-21)17-5-4-14-15(10-27-19(14)30-17)18-16(22(23,24)25)11-28-20(31-18)29-13-3-2-7-26-9-13/h4-5,10-11,13,26,33H,2-3,6-9,12H2,1H3,(H,27,30)(H,28,29,31)/t13-,21?/m0/s1. The molecule has 2 saturated heterocycles. The number of nitrogens with one attached hydrogen (secondary N) is 3. The zero-order chi connectivity index (χ0) is 23.2. The number of halogens is 3. The number of aromatic nitrogens is 4. The molecular formula is C22H26F3N7O. The van der Waals surface area contributed by atoms with E-state index in [-0.39, 0.29) is 17.7 Å². The molecular weight excluding hydrogens is 435 g/mol. The number of hydrogen-bond donors (Lipinski definition) is 4. The lowest BCUT2D eigenvalue weighted by Crippen LogP contribution is -2.38. The SMILES string of the molecule is CC1(O)CCN(c2ccc3c(-c4nc(N[C@H]5CCCNC5)ncc4C(F)(F)F)c[nH]c3n2)C1. The van der Waals surface area contributed by atoms with Crippen LogP contribution in [0.2, 0.25) is 0 Å². The smallest absolute Gasteiger partial charge is 0.388 e. The van der Waals surface area contributed by atoms with E-state index >= 15 is 0 Å². The van der Waals surface area contributed by atoms with Gasteiger partial charge in [0.2, 0.25) is 5.95 Å². The van der Waals surface area contributed by atoms with Crippen LogP contribution in [0.4, 0.5) is 24.9 Å². The first-order valence-corrected chi connectivity index (χ1v) is 11.1. The number of alkyl halides is 3. The lowest BCUT2D eigenvalue weighted by Gasteiger charge is -2.24. The Morgan fingerprint density at radius 2 is 2.12 bits per heavy atom. The first-order chi connectivity index (χ1) is 15.7. The molecule has 0 radical (unpaired) electrons. The van der Waals surface area contributed by atoms with Crippen LogP contribution in [0.25, 0.3) is 22.3 Å². The molecule has 0 bridgehead atoms. The molecule has 3 aromatic rings. The summed E-state index contributed by atoms with van der Waals surface area (Å²) in [6, 6.07) is 3.58. The molecule has 176 valence electrons. The van der Waals surface area contributed by atoms with Crippen molar-refractivity contribution in [3.63, 3.8) is 0 Å². The van der Waals surface area contributed by atoms with Gasteiger partial charge in [-0.3, -0.25) is 0 Å². The molecule has 8 nitrogen and oxygen atoms in total. The Kier molecular flexibility index (Phi) is 5.40. The van der Waals surface area contributed by atoms with Crippen LogP contribution < -0.4 is 15.5 Å². The topological polar surface area (TPSA) is 102 Å². The lowest BCUT2D eigenvalue weighted by molar-refractivity contribution is -0.137. The Labute approximate surface area is 188 Å². The molecule has 2 atom stereocenters. The van der Waals surface area contributed by atoms with Crippen LogP contribution in [0.1, 0.15) is 31.7 Å². The number of piperidine rings is 1. The van der Waals surface area contributed by atoms with Gasteiger partial charge in [0.1, 0.15) is 17.0 Å². The highest BCUT2D eigenvalue weighted by Gasteiger charge is 2.36. The summed E-state index contributed by atoms with van der Waals surface area (Å²) in [6.45, 7) is 4.53. The Hall–Kier alpha value is -2.92. The average Bonchev–Trinajstić information content (AvgIpc) is 3.36. The van der Waals surface area contributed by atoms with Crippen molar-refractivity contribution in [2.45, 2.75) is 44.0 Å². The number of hydrogen-bond acceptors (Lipinski definition) is 7. The molecule has 1 unspecified atom stereocenters. The van der Waals surface area contributed by atoms with Crippen LogP contribution in [-0.4, -0.2) is 62.9 Å². The van der Waals surface area contributed by atoms with E-state index in [0.29, 0.717) is 48.5 Å². The first-order valence-electron chi connectivity index (χ1n) is 11.1. The fourth-order valence-electron chi connectivity index (χ4n) is 4.53. The summed E-state index contributed by atoms with van der Waals surface area (Å²) in [5.41, 5.74) is -1.08. The fourth-order valence-corrected chi connectivity index (χ4v) is 4.53. The van der Waals surface area contributed by atoms with E-state index in [1.165, 1.54) is 6.20 Å². The van der Waals surface area contributed by atoms with Gasteiger partial charge in [-0.2, -0.15) is 13.2 Å². The molecule has 33 heavy (non-hydrogen) atoms. The first kappa shape index (κ1) is 21.9. The summed E-state index contributed by atoms with van der Waals surface area (Å²) in [4.78, 5) is 17.8. The second kappa shape index (κ2) is 8.14. The monoisotopic (exact) mass is 461 g/mol. The molecule has 2 aliphatic rings. The number of aliphatic hydroxyl groups is 1. The van der Waals surface area contributed by atoms with Gasteiger partial charge in [0.25, 0.3) is 0 Å². The molecule has 3 aromatic heterocycles. The van der Waals surface area contributed by atoms with Gasteiger partial charge in [-0.05, 0) is 44.9 Å². The van der Waals surface area contributed by atoms with Crippen LogP contribution in [-0.2, 0) is 6.18 Å². The lowest BCUT2D eigenvalue weighted by atomic mass is 10.1. The Bertz CT molecular complexity index is 1150. The van der Waals surface area contributed by atoms with E-state index in [1.54, 1.807) is 19.1 Å². The largest absolute Gasteiger partial charge is 0.419 e. The molecule has 0 spiro atoms. The normalized spacial score (nSPS) is 23.9. The van der Waals surface area contributed by atoms with Gasteiger partial charge in [0.15, 0.2) is 0 Å². The number of rotatable bonds is 4. The highest BCUT2D eigenvalue weighted by Crippen LogP contribution is 2.39. The van der Waals surface area contributed by atoms with E-state index < -0.39 is 17.3 Å². The second-order valence-electron chi connectivity index (χ2n) is 9.08. The number of nitrogens with zero attached hydrogens (tertiary/aromatic N) is 4. The minimum atomic E-state index is -4.60. The minimum Gasteiger partial charge on any atom is -0.388 e. The summed E-state index contributed by atoms with van der Waals surface area (Å²) in [6.07, 6.45) is 0.256. The summed E-state index contributed by atoms with van der Waals surface area (Å²) in [7, 11) is 0. The highest BCUT2D eigenvalue weighted by molar-refractivity contribution is 5.94. The Morgan fingerprint density at radius 3 is 2.82 bits per heavy atom. The summed E-state index contributed by atoms with van der Waals surface area (Å²) >= 11 is 0. The highest BCUT2D eigenvalue weighted by atomic mass is 19.4. The van der Waals surface area contributed by atoms with Crippen molar-refractivity contribution in [3.05, 3.63) is 30.1 Å². The number of fused-ring (bicyclic) bond motifs is 1. The van der Waals surface area contributed by atoms with Crippen molar-refractivity contribution in [2.75, 3.05) is 36.4 Å². The molecule has 11 heteroatoms. The fraction of sp³-hybridized carbons (Fsp3) is 0.500. The van der Waals surface area contributed by atoms with Crippen molar-refractivity contribution in [2.24, 2.45) is 0 Å². The molecule has 4 N–H and O–H groups in total. The van der Waals surface area contributed by atoms with Crippen molar-refractivity contribution in [1.82, 2.24) is 25.3 Å². The molecule has 0 aliphatic carbocycles. The van der Waals surface area contributed by atoms with Crippen molar-refractivity contribution >= 4 is 22.8 Å². The van der Waals surface area contributed by atoms with E-state index in [9.17, 15) is 18.3 Å². The Morgan fingerprint density at radius 1 is 1.27 bits per heavy atom. The third kappa shape index (κ3) is 4.47. The molecule has 0 aromatic carbocycles. The maximum absolute atomic E-state index is 13.8. The molecule has 0 saturated carbocycles. The average molecular weight is 461 g/mol. The molecule has 0 amide bonds. The number of pyridine rings is 1. The maximum Gasteiger partial charge on any atom is 0.419 e. The van der Waals surface area contributed by atoms with Gasteiger partial charge in [-0.15, -0.1) is 0 Å². The Balaban J connectivity index is 1.51. The zero-order valence-corrected chi connectivity index (χ0v) is 18.2. The number of anilines is 2. The third-order valence-corrected chi connectivity index (χ3v) is 6.28.